The number of ketones is 1. The van der Waals surface area contributed by atoms with E-state index in [9.17, 15) is 4.79 Å². The van der Waals surface area contributed by atoms with E-state index in [4.69, 9.17) is 14.2 Å². The molecular formula is C23H31N3O4. The van der Waals surface area contributed by atoms with Crippen LogP contribution in [0.2, 0.25) is 0 Å². The average Bonchev–Trinajstić information content (AvgIpc) is 3.32. The van der Waals surface area contributed by atoms with Gasteiger partial charge in [0.15, 0.2) is 17.3 Å². The Kier molecular flexibility index (Phi) is 6.41. The molecule has 2 aromatic rings. The molecule has 0 spiro atoms. The Morgan fingerprint density at radius 2 is 1.77 bits per heavy atom. The molecule has 0 bridgehead atoms. The summed E-state index contributed by atoms with van der Waals surface area (Å²) < 4.78 is 18.2. The van der Waals surface area contributed by atoms with Crippen LogP contribution in [-0.2, 0) is 17.8 Å². The Labute approximate surface area is 178 Å². The second-order valence-electron chi connectivity index (χ2n) is 8.09. The molecule has 30 heavy (non-hydrogen) atoms. The fraction of sp³-hybridized carbons (Fsp3) is 0.522. The number of aromatic nitrogens is 1. The molecular weight excluding hydrogens is 382 g/mol. The second-order valence-corrected chi connectivity index (χ2v) is 8.09. The molecule has 0 radical (unpaired) electrons. The van der Waals surface area contributed by atoms with Crippen LogP contribution in [0.25, 0.3) is 0 Å². The number of hydrogen-bond donors (Lipinski definition) is 0. The first-order valence-corrected chi connectivity index (χ1v) is 10.6. The minimum absolute atomic E-state index is 0.205. The molecule has 0 N–H and O–H groups in total. The number of hydrogen-bond acceptors (Lipinski definition) is 6. The second kappa shape index (κ2) is 9.20. The fourth-order valence-corrected chi connectivity index (χ4v) is 4.30. The molecule has 2 aliphatic rings. The molecule has 0 aliphatic carbocycles. The summed E-state index contributed by atoms with van der Waals surface area (Å²) in [4.78, 5) is 17.6. The highest BCUT2D eigenvalue weighted by molar-refractivity contribution is 5.99. The highest BCUT2D eigenvalue weighted by Crippen LogP contribution is 2.32. The van der Waals surface area contributed by atoms with Gasteiger partial charge in [0.05, 0.1) is 13.2 Å². The van der Waals surface area contributed by atoms with E-state index in [1.807, 2.05) is 26.0 Å². The molecule has 1 aromatic heterocycles. The zero-order valence-corrected chi connectivity index (χ0v) is 18.1. The van der Waals surface area contributed by atoms with Crippen molar-refractivity contribution in [3.63, 3.8) is 0 Å². The highest BCUT2D eigenvalue weighted by atomic mass is 16.7. The molecule has 1 saturated heterocycles. The van der Waals surface area contributed by atoms with Crippen LogP contribution < -0.4 is 9.47 Å². The van der Waals surface area contributed by atoms with Crippen LogP contribution in [0.3, 0.4) is 0 Å². The van der Waals surface area contributed by atoms with Gasteiger partial charge in [-0.3, -0.25) is 14.6 Å². The van der Waals surface area contributed by atoms with Crippen molar-refractivity contribution in [2.24, 2.45) is 0 Å². The summed E-state index contributed by atoms with van der Waals surface area (Å²) in [7, 11) is 1.70. The van der Waals surface area contributed by atoms with Gasteiger partial charge in [-0.2, -0.15) is 0 Å². The lowest BCUT2D eigenvalue weighted by atomic mass is 10.1. The maximum Gasteiger partial charge on any atom is 0.231 e. The average molecular weight is 414 g/mol. The van der Waals surface area contributed by atoms with Gasteiger partial charge in [0.1, 0.15) is 0 Å². The van der Waals surface area contributed by atoms with E-state index in [2.05, 4.69) is 26.5 Å². The van der Waals surface area contributed by atoms with Crippen molar-refractivity contribution < 1.29 is 19.0 Å². The molecule has 0 atom stereocenters. The summed E-state index contributed by atoms with van der Waals surface area (Å²) in [6.07, 6.45) is 0. The Bertz CT molecular complexity index is 900. The first-order valence-electron chi connectivity index (χ1n) is 10.6. The summed E-state index contributed by atoms with van der Waals surface area (Å²) in [5.41, 5.74) is 4.22. The van der Waals surface area contributed by atoms with Crippen molar-refractivity contribution in [1.82, 2.24) is 14.4 Å². The number of rotatable bonds is 8. The number of benzene rings is 1. The van der Waals surface area contributed by atoms with Crippen molar-refractivity contribution in [2.45, 2.75) is 26.9 Å². The number of fused-ring (bicyclic) bond motifs is 1. The maximum atomic E-state index is 12.9. The number of Topliss-reactive ketones (excluding diaryl/α,β-unsaturated/α-hetero) is 1. The van der Waals surface area contributed by atoms with E-state index >= 15 is 0 Å². The van der Waals surface area contributed by atoms with Crippen LogP contribution >= 0.6 is 0 Å². The van der Waals surface area contributed by atoms with Gasteiger partial charge < -0.3 is 18.8 Å². The van der Waals surface area contributed by atoms with Crippen LogP contribution in [0.15, 0.2) is 24.3 Å². The number of ether oxygens (including phenoxy) is 3. The van der Waals surface area contributed by atoms with Crippen LogP contribution in [0.4, 0.5) is 0 Å². The third-order valence-corrected chi connectivity index (χ3v) is 6.07. The first-order chi connectivity index (χ1) is 14.5. The van der Waals surface area contributed by atoms with Gasteiger partial charge in [-0.1, -0.05) is 6.07 Å². The van der Waals surface area contributed by atoms with Gasteiger partial charge in [0, 0.05) is 63.3 Å². The summed E-state index contributed by atoms with van der Waals surface area (Å²) >= 11 is 0. The van der Waals surface area contributed by atoms with E-state index in [1.165, 1.54) is 5.56 Å². The molecule has 0 saturated carbocycles. The number of methoxy groups -OCH3 is 1. The van der Waals surface area contributed by atoms with Crippen molar-refractivity contribution in [1.29, 1.82) is 0 Å². The summed E-state index contributed by atoms with van der Waals surface area (Å²) in [5.74, 6) is 1.86. The highest BCUT2D eigenvalue weighted by Gasteiger charge is 2.23. The SMILES string of the molecule is COCCn1c(C)cc(C(=O)CN2CCN(Cc3ccc4c(c3)OCO4)CC2)c1C. The van der Waals surface area contributed by atoms with Gasteiger partial charge in [0.25, 0.3) is 0 Å². The number of piperazine rings is 1. The largest absolute Gasteiger partial charge is 0.454 e. The quantitative estimate of drug-likeness (QED) is 0.620. The standard InChI is InChI=1S/C23H31N3O4/c1-17-12-20(18(2)26(17)10-11-28-3)21(27)15-25-8-6-24(7-9-25)14-19-4-5-22-23(13-19)30-16-29-22/h4-5,12-13H,6-11,14-16H2,1-3H3. The number of carbonyl (C=O) groups excluding carboxylic acids is 1. The molecule has 0 amide bonds. The zero-order chi connectivity index (χ0) is 21.1. The third-order valence-electron chi connectivity index (χ3n) is 6.07. The zero-order valence-electron chi connectivity index (χ0n) is 18.1. The van der Waals surface area contributed by atoms with Gasteiger partial charge in [-0.25, -0.2) is 0 Å². The van der Waals surface area contributed by atoms with Crippen LogP contribution in [0.1, 0.15) is 27.3 Å². The molecule has 7 nitrogen and oxygen atoms in total. The summed E-state index contributed by atoms with van der Waals surface area (Å²) in [6, 6.07) is 8.17. The van der Waals surface area contributed by atoms with E-state index in [1.54, 1.807) is 7.11 Å². The molecule has 1 aromatic carbocycles. The molecule has 162 valence electrons. The predicted molar refractivity (Wildman–Crippen MR) is 114 cm³/mol. The van der Waals surface area contributed by atoms with Crippen molar-refractivity contribution in [3.05, 3.63) is 46.8 Å². The summed E-state index contributed by atoms with van der Waals surface area (Å²) in [5, 5.41) is 0. The lowest BCUT2D eigenvalue weighted by molar-refractivity contribution is 0.0843. The number of carbonyl (C=O) groups is 1. The molecule has 7 heteroatoms. The number of aryl methyl sites for hydroxylation is 1. The lowest BCUT2D eigenvalue weighted by Crippen LogP contribution is -2.47. The molecule has 4 rings (SSSR count). The van der Waals surface area contributed by atoms with Crippen molar-refractivity contribution >= 4 is 5.78 Å². The van der Waals surface area contributed by atoms with Gasteiger partial charge in [-0.05, 0) is 37.6 Å². The Balaban J connectivity index is 1.29. The summed E-state index contributed by atoms with van der Waals surface area (Å²) in [6.45, 7) is 10.9. The number of nitrogens with zero attached hydrogens (tertiary/aromatic N) is 3. The van der Waals surface area contributed by atoms with E-state index in [0.29, 0.717) is 19.9 Å². The topological polar surface area (TPSA) is 56.2 Å². The third kappa shape index (κ3) is 4.53. The maximum absolute atomic E-state index is 12.9. The molecule has 1 fully saturated rings. The molecule has 2 aliphatic heterocycles. The predicted octanol–water partition coefficient (Wildman–Crippen LogP) is 2.48. The van der Waals surface area contributed by atoms with Crippen LogP contribution in [-0.4, -0.2) is 73.4 Å². The van der Waals surface area contributed by atoms with E-state index in [0.717, 1.165) is 67.7 Å². The van der Waals surface area contributed by atoms with Gasteiger partial charge >= 0.3 is 0 Å². The fourth-order valence-electron chi connectivity index (χ4n) is 4.30. The van der Waals surface area contributed by atoms with Gasteiger partial charge in [0.2, 0.25) is 6.79 Å². The van der Waals surface area contributed by atoms with Crippen molar-refractivity contribution in [2.75, 3.05) is 53.2 Å². The monoisotopic (exact) mass is 413 g/mol. The molecule has 3 heterocycles. The first kappa shape index (κ1) is 20.9. The minimum Gasteiger partial charge on any atom is -0.454 e. The van der Waals surface area contributed by atoms with E-state index < -0.39 is 0 Å². The smallest absolute Gasteiger partial charge is 0.231 e. The Morgan fingerprint density at radius 3 is 2.53 bits per heavy atom. The van der Waals surface area contributed by atoms with Crippen molar-refractivity contribution in [3.8, 4) is 11.5 Å². The lowest BCUT2D eigenvalue weighted by Gasteiger charge is -2.34. The normalized spacial score (nSPS) is 16.9. The van der Waals surface area contributed by atoms with E-state index in [-0.39, 0.29) is 5.78 Å². The Morgan fingerprint density at radius 1 is 1.03 bits per heavy atom. The molecule has 0 unspecified atom stereocenters. The minimum atomic E-state index is 0.205. The van der Waals surface area contributed by atoms with Crippen LogP contribution in [0, 0.1) is 13.8 Å². The Hall–Kier alpha value is -2.35. The van der Waals surface area contributed by atoms with Gasteiger partial charge in [-0.15, -0.1) is 0 Å². The van der Waals surface area contributed by atoms with Crippen LogP contribution in [0.5, 0.6) is 11.5 Å².